The van der Waals surface area contributed by atoms with Gasteiger partial charge in [-0.25, -0.2) is 0 Å². The molecule has 0 unspecified atom stereocenters. The van der Waals surface area contributed by atoms with Gasteiger partial charge in [-0.3, -0.25) is 9.69 Å². The molecule has 136 valence electrons. The highest BCUT2D eigenvalue weighted by atomic mass is 35.5. The van der Waals surface area contributed by atoms with Crippen LogP contribution in [0.15, 0.2) is 30.9 Å². The molecule has 1 N–H and O–H groups in total. The van der Waals surface area contributed by atoms with Gasteiger partial charge in [0.05, 0.1) is 7.11 Å². The third kappa shape index (κ3) is 5.98. The van der Waals surface area contributed by atoms with Gasteiger partial charge >= 0.3 is 5.97 Å². The first kappa shape index (κ1) is 22.7. The van der Waals surface area contributed by atoms with Gasteiger partial charge < -0.3 is 14.8 Å². The fraction of sp³-hybridized carbons (Fsp3) is 0.471. The Morgan fingerprint density at radius 2 is 2.00 bits per heavy atom. The fourth-order valence-corrected chi connectivity index (χ4v) is 2.78. The molecular weight excluding hydrogens is 351 g/mol. The van der Waals surface area contributed by atoms with Gasteiger partial charge in [0, 0.05) is 39.1 Å². The van der Waals surface area contributed by atoms with E-state index in [-0.39, 0.29) is 36.8 Å². The van der Waals surface area contributed by atoms with Crippen LogP contribution in [0.4, 0.5) is 0 Å². The SMILES string of the molecule is C=CC[C@H](c1ccc(OC(C)=O)c(OC)c1)N1CCNCC1.Cl.Cl. The van der Waals surface area contributed by atoms with Gasteiger partial charge in [0.15, 0.2) is 11.5 Å². The number of halogens is 2. The second kappa shape index (κ2) is 11.3. The summed E-state index contributed by atoms with van der Waals surface area (Å²) in [6.45, 7) is 9.27. The summed E-state index contributed by atoms with van der Waals surface area (Å²) in [6, 6.07) is 6.01. The van der Waals surface area contributed by atoms with Crippen LogP contribution in [0.25, 0.3) is 0 Å². The van der Waals surface area contributed by atoms with Crippen molar-refractivity contribution >= 4 is 30.8 Å². The molecule has 1 aliphatic heterocycles. The summed E-state index contributed by atoms with van der Waals surface area (Å²) in [4.78, 5) is 13.6. The van der Waals surface area contributed by atoms with Crippen LogP contribution in [0.5, 0.6) is 11.5 Å². The maximum absolute atomic E-state index is 11.1. The van der Waals surface area contributed by atoms with Crippen molar-refractivity contribution in [3.63, 3.8) is 0 Å². The van der Waals surface area contributed by atoms with Gasteiger partial charge in [-0.15, -0.1) is 31.4 Å². The van der Waals surface area contributed by atoms with Crippen LogP contribution in [0.1, 0.15) is 24.9 Å². The minimum absolute atomic E-state index is 0. The maximum Gasteiger partial charge on any atom is 0.308 e. The normalized spacial score (nSPS) is 15.4. The van der Waals surface area contributed by atoms with Crippen LogP contribution in [0.3, 0.4) is 0 Å². The first-order chi connectivity index (χ1) is 10.7. The fourth-order valence-electron chi connectivity index (χ4n) is 2.78. The second-order valence-corrected chi connectivity index (χ2v) is 5.33. The predicted octanol–water partition coefficient (Wildman–Crippen LogP) is 2.99. The standard InChI is InChI=1S/C17H24N2O3.2ClH/c1-4-5-15(19-10-8-18-9-11-19)14-6-7-16(22-13(2)20)17(12-14)21-3;;/h4,6-7,12,15,18H,1,5,8-11H2,2-3H3;2*1H/t15-;;/m1../s1. The summed E-state index contributed by atoms with van der Waals surface area (Å²) in [7, 11) is 1.58. The molecule has 0 radical (unpaired) electrons. The Hall–Kier alpha value is -1.27. The Labute approximate surface area is 156 Å². The lowest BCUT2D eigenvalue weighted by Crippen LogP contribution is -2.45. The van der Waals surface area contributed by atoms with E-state index in [2.05, 4.69) is 16.8 Å². The number of methoxy groups -OCH3 is 1. The molecule has 1 aliphatic rings. The van der Waals surface area contributed by atoms with E-state index < -0.39 is 0 Å². The molecule has 0 aliphatic carbocycles. The quantitative estimate of drug-likeness (QED) is 0.469. The van der Waals surface area contributed by atoms with E-state index >= 15 is 0 Å². The lowest BCUT2D eigenvalue weighted by atomic mass is 10.0. The van der Waals surface area contributed by atoms with Gasteiger partial charge in [0.2, 0.25) is 0 Å². The first-order valence-corrected chi connectivity index (χ1v) is 7.57. The van der Waals surface area contributed by atoms with Crippen molar-refractivity contribution in [2.45, 2.75) is 19.4 Å². The molecule has 1 atom stereocenters. The molecule has 1 aromatic rings. The Bertz CT molecular complexity index is 535. The summed E-state index contributed by atoms with van der Waals surface area (Å²) in [5.41, 5.74) is 1.15. The summed E-state index contributed by atoms with van der Waals surface area (Å²) in [6.07, 6.45) is 2.81. The molecule has 0 saturated carbocycles. The topological polar surface area (TPSA) is 50.8 Å². The lowest BCUT2D eigenvalue weighted by Gasteiger charge is -2.35. The zero-order chi connectivity index (χ0) is 15.9. The molecule has 7 heteroatoms. The number of hydrogen-bond acceptors (Lipinski definition) is 5. The molecule has 5 nitrogen and oxygen atoms in total. The molecule has 0 bridgehead atoms. The van der Waals surface area contributed by atoms with Crippen LogP contribution in [-0.2, 0) is 4.79 Å². The average Bonchev–Trinajstić information content (AvgIpc) is 2.53. The third-order valence-corrected chi connectivity index (χ3v) is 3.81. The van der Waals surface area contributed by atoms with Gasteiger partial charge in [-0.2, -0.15) is 0 Å². The highest BCUT2D eigenvalue weighted by Gasteiger charge is 2.22. The number of benzene rings is 1. The molecule has 0 aromatic heterocycles. The van der Waals surface area contributed by atoms with Crippen LogP contribution in [-0.4, -0.2) is 44.2 Å². The number of carbonyl (C=O) groups excluding carboxylic acids is 1. The minimum atomic E-state index is -0.351. The van der Waals surface area contributed by atoms with E-state index in [1.54, 1.807) is 13.2 Å². The molecule has 0 spiro atoms. The van der Waals surface area contributed by atoms with Gasteiger partial charge in [-0.1, -0.05) is 12.1 Å². The van der Waals surface area contributed by atoms with Gasteiger partial charge in [0.1, 0.15) is 0 Å². The number of nitrogens with one attached hydrogen (secondary N) is 1. The van der Waals surface area contributed by atoms with E-state index in [1.807, 2.05) is 18.2 Å². The molecule has 24 heavy (non-hydrogen) atoms. The molecule has 1 saturated heterocycles. The van der Waals surface area contributed by atoms with E-state index in [9.17, 15) is 4.79 Å². The number of carbonyl (C=O) groups is 1. The Kier molecular flexibility index (Phi) is 10.7. The number of hydrogen-bond donors (Lipinski definition) is 1. The lowest BCUT2D eigenvalue weighted by molar-refractivity contribution is -0.132. The number of ether oxygens (including phenoxy) is 2. The monoisotopic (exact) mass is 376 g/mol. The summed E-state index contributed by atoms with van der Waals surface area (Å²) in [5, 5.41) is 3.37. The van der Waals surface area contributed by atoms with Crippen molar-refractivity contribution in [3.05, 3.63) is 36.4 Å². The van der Waals surface area contributed by atoms with Crippen molar-refractivity contribution < 1.29 is 14.3 Å². The maximum atomic E-state index is 11.1. The molecular formula is C17H26Cl2N2O3. The Balaban J connectivity index is 0.00000264. The van der Waals surface area contributed by atoms with Crippen molar-refractivity contribution in [2.24, 2.45) is 0 Å². The van der Waals surface area contributed by atoms with E-state index in [0.717, 1.165) is 38.2 Å². The largest absolute Gasteiger partial charge is 0.493 e. The van der Waals surface area contributed by atoms with Gasteiger partial charge in [0.25, 0.3) is 0 Å². The highest BCUT2D eigenvalue weighted by molar-refractivity contribution is 5.85. The van der Waals surface area contributed by atoms with E-state index in [4.69, 9.17) is 9.47 Å². The van der Waals surface area contributed by atoms with Gasteiger partial charge in [-0.05, 0) is 24.1 Å². The minimum Gasteiger partial charge on any atom is -0.493 e. The number of esters is 1. The highest BCUT2D eigenvalue weighted by Crippen LogP contribution is 2.33. The molecule has 0 amide bonds. The molecule has 1 heterocycles. The van der Waals surface area contributed by atoms with Crippen LogP contribution in [0.2, 0.25) is 0 Å². The first-order valence-electron chi connectivity index (χ1n) is 7.57. The van der Waals surface area contributed by atoms with Crippen molar-refractivity contribution in [2.75, 3.05) is 33.3 Å². The molecule has 2 rings (SSSR count). The third-order valence-electron chi connectivity index (χ3n) is 3.81. The summed E-state index contributed by atoms with van der Waals surface area (Å²) < 4.78 is 10.5. The zero-order valence-corrected chi connectivity index (χ0v) is 15.8. The molecule has 1 fully saturated rings. The van der Waals surface area contributed by atoms with E-state index in [1.165, 1.54) is 6.92 Å². The Morgan fingerprint density at radius 3 is 2.54 bits per heavy atom. The van der Waals surface area contributed by atoms with Crippen molar-refractivity contribution in [1.82, 2.24) is 10.2 Å². The zero-order valence-electron chi connectivity index (χ0n) is 14.1. The van der Waals surface area contributed by atoms with Crippen LogP contribution >= 0.6 is 24.8 Å². The van der Waals surface area contributed by atoms with Crippen LogP contribution < -0.4 is 14.8 Å². The smallest absolute Gasteiger partial charge is 0.308 e. The van der Waals surface area contributed by atoms with Crippen LogP contribution in [0, 0.1) is 0 Å². The average molecular weight is 377 g/mol. The number of nitrogens with zero attached hydrogens (tertiary/aromatic N) is 1. The Morgan fingerprint density at radius 1 is 1.33 bits per heavy atom. The predicted molar refractivity (Wildman–Crippen MR) is 101 cm³/mol. The van der Waals surface area contributed by atoms with Crippen molar-refractivity contribution in [3.8, 4) is 11.5 Å². The summed E-state index contributed by atoms with van der Waals surface area (Å²) in [5.74, 6) is 0.684. The second-order valence-electron chi connectivity index (χ2n) is 5.33. The molecule has 1 aromatic carbocycles. The van der Waals surface area contributed by atoms with Crippen molar-refractivity contribution in [1.29, 1.82) is 0 Å². The summed E-state index contributed by atoms with van der Waals surface area (Å²) >= 11 is 0. The number of rotatable bonds is 6. The van der Waals surface area contributed by atoms with E-state index in [0.29, 0.717) is 11.5 Å². The number of piperazine rings is 1.